The van der Waals surface area contributed by atoms with Crippen molar-refractivity contribution in [3.63, 3.8) is 0 Å². The van der Waals surface area contributed by atoms with E-state index in [4.69, 9.17) is 0 Å². The number of hydrogen-bond acceptors (Lipinski definition) is 4. The lowest BCUT2D eigenvalue weighted by molar-refractivity contribution is 0.102. The molecule has 0 saturated heterocycles. The third-order valence-electron chi connectivity index (χ3n) is 5.38. The van der Waals surface area contributed by atoms with Crippen LogP contribution in [0.5, 0.6) is 0 Å². The Bertz CT molecular complexity index is 1420. The topological polar surface area (TPSA) is 79.4 Å². The second-order valence-corrected chi connectivity index (χ2v) is 9.22. The number of hydrogen-bond donors (Lipinski definition) is 1. The summed E-state index contributed by atoms with van der Waals surface area (Å²) in [6.45, 7) is 0.390. The first-order valence-electron chi connectivity index (χ1n) is 9.89. The van der Waals surface area contributed by atoms with Gasteiger partial charge in [0.05, 0.1) is 28.0 Å². The highest BCUT2D eigenvalue weighted by molar-refractivity contribution is 7.92. The van der Waals surface area contributed by atoms with Crippen molar-refractivity contribution in [2.24, 2.45) is 0 Å². The average Bonchev–Trinajstić information content (AvgIpc) is 3.24. The summed E-state index contributed by atoms with van der Waals surface area (Å²) < 4.78 is 27.9. The number of benzene rings is 3. The summed E-state index contributed by atoms with van der Waals surface area (Å²) in [6, 6.07) is 23.0. The Morgan fingerprint density at radius 1 is 0.935 bits per heavy atom. The van der Waals surface area contributed by atoms with Crippen molar-refractivity contribution in [2.75, 3.05) is 16.2 Å². The predicted molar refractivity (Wildman–Crippen MR) is 121 cm³/mol. The monoisotopic (exact) mass is 429 g/mol. The Kier molecular flexibility index (Phi) is 4.67. The van der Waals surface area contributed by atoms with Crippen LogP contribution in [-0.2, 0) is 16.4 Å². The van der Waals surface area contributed by atoms with Crippen molar-refractivity contribution < 1.29 is 13.2 Å². The van der Waals surface area contributed by atoms with E-state index in [9.17, 15) is 13.2 Å². The van der Waals surface area contributed by atoms with Gasteiger partial charge in [0.15, 0.2) is 0 Å². The number of nitrogens with zero attached hydrogens (tertiary/aromatic N) is 2. The van der Waals surface area contributed by atoms with Gasteiger partial charge < -0.3 is 5.32 Å². The van der Waals surface area contributed by atoms with E-state index in [0.717, 1.165) is 16.5 Å². The number of amides is 1. The van der Waals surface area contributed by atoms with E-state index >= 15 is 0 Å². The Morgan fingerprint density at radius 2 is 1.74 bits per heavy atom. The molecule has 1 amide bonds. The fourth-order valence-electron chi connectivity index (χ4n) is 3.83. The van der Waals surface area contributed by atoms with Crippen LogP contribution in [0.25, 0.3) is 10.9 Å². The lowest BCUT2D eigenvalue weighted by atomic mass is 10.2. The van der Waals surface area contributed by atoms with Crippen molar-refractivity contribution in [3.8, 4) is 0 Å². The molecule has 0 saturated carbocycles. The molecule has 3 aromatic carbocycles. The quantitative estimate of drug-likeness (QED) is 0.526. The number of rotatable bonds is 4. The SMILES string of the molecule is O=C(Nc1cnc2ccccc2c1)c1cccc(S(=O)(=O)N2CCc3ccccc32)c1. The second-order valence-electron chi connectivity index (χ2n) is 7.35. The first-order valence-corrected chi connectivity index (χ1v) is 11.3. The Labute approximate surface area is 180 Å². The molecule has 0 atom stereocenters. The highest BCUT2D eigenvalue weighted by Crippen LogP contribution is 2.32. The summed E-state index contributed by atoms with van der Waals surface area (Å²) in [7, 11) is -3.77. The maximum Gasteiger partial charge on any atom is 0.264 e. The number of nitrogens with one attached hydrogen (secondary N) is 1. The van der Waals surface area contributed by atoms with Gasteiger partial charge in [0.1, 0.15) is 0 Å². The molecular formula is C24H19N3O3S. The molecule has 5 rings (SSSR count). The van der Waals surface area contributed by atoms with Gasteiger partial charge in [0.2, 0.25) is 0 Å². The van der Waals surface area contributed by atoms with Crippen LogP contribution in [0.3, 0.4) is 0 Å². The summed E-state index contributed by atoms with van der Waals surface area (Å²) in [4.78, 5) is 17.2. The molecule has 1 aliphatic rings. The van der Waals surface area contributed by atoms with E-state index in [1.54, 1.807) is 18.3 Å². The van der Waals surface area contributed by atoms with Crippen LogP contribution >= 0.6 is 0 Å². The summed E-state index contributed by atoms with van der Waals surface area (Å²) in [5.74, 6) is -0.393. The van der Waals surface area contributed by atoms with Gasteiger partial charge in [-0.2, -0.15) is 0 Å². The van der Waals surface area contributed by atoms with Crippen molar-refractivity contribution in [2.45, 2.75) is 11.3 Å². The van der Waals surface area contributed by atoms with Crippen LogP contribution in [0.15, 0.2) is 90.0 Å². The molecule has 1 aromatic heterocycles. The smallest absolute Gasteiger partial charge is 0.264 e. The third kappa shape index (κ3) is 3.53. The highest BCUT2D eigenvalue weighted by Gasteiger charge is 2.30. The maximum absolute atomic E-state index is 13.3. The maximum atomic E-state index is 13.3. The van der Waals surface area contributed by atoms with E-state index < -0.39 is 15.9 Å². The summed E-state index contributed by atoms with van der Waals surface area (Å²) in [5.41, 5.74) is 3.34. The molecule has 154 valence electrons. The van der Waals surface area contributed by atoms with Crippen LogP contribution in [0, 0.1) is 0 Å². The number of para-hydroxylation sites is 2. The summed E-state index contributed by atoms with van der Waals surface area (Å²) in [5, 5.41) is 3.71. The van der Waals surface area contributed by atoms with Crippen LogP contribution in [0.4, 0.5) is 11.4 Å². The van der Waals surface area contributed by atoms with Crippen LogP contribution in [0.2, 0.25) is 0 Å². The summed E-state index contributed by atoms with van der Waals surface area (Å²) in [6.07, 6.45) is 2.26. The van der Waals surface area contributed by atoms with Crippen LogP contribution in [-0.4, -0.2) is 25.9 Å². The number of sulfonamides is 1. The number of aromatic nitrogens is 1. The normalized spacial score (nSPS) is 13.2. The lowest BCUT2D eigenvalue weighted by Crippen LogP contribution is -2.29. The molecular weight excluding hydrogens is 410 g/mol. The fourth-order valence-corrected chi connectivity index (χ4v) is 5.37. The van der Waals surface area contributed by atoms with Crippen LogP contribution in [0.1, 0.15) is 15.9 Å². The first-order chi connectivity index (χ1) is 15.0. The molecule has 7 heteroatoms. The van der Waals surface area contributed by atoms with E-state index in [1.807, 2.05) is 54.6 Å². The molecule has 0 aliphatic carbocycles. The number of fused-ring (bicyclic) bond motifs is 2. The van der Waals surface area contributed by atoms with Gasteiger partial charge in [-0.3, -0.25) is 14.1 Å². The average molecular weight is 430 g/mol. The zero-order chi connectivity index (χ0) is 21.4. The van der Waals surface area contributed by atoms with Gasteiger partial charge in [-0.15, -0.1) is 0 Å². The molecule has 0 spiro atoms. The Morgan fingerprint density at radius 3 is 2.65 bits per heavy atom. The third-order valence-corrected chi connectivity index (χ3v) is 7.19. The second kappa shape index (κ2) is 7.52. The van der Waals surface area contributed by atoms with Crippen molar-refractivity contribution in [1.29, 1.82) is 0 Å². The van der Waals surface area contributed by atoms with Crippen molar-refractivity contribution >= 4 is 38.2 Å². The number of carbonyl (C=O) groups excluding carboxylic acids is 1. The largest absolute Gasteiger partial charge is 0.321 e. The van der Waals surface area contributed by atoms with Gasteiger partial charge >= 0.3 is 0 Å². The van der Waals surface area contributed by atoms with E-state index in [2.05, 4.69) is 10.3 Å². The molecule has 0 fully saturated rings. The van der Waals surface area contributed by atoms with Gasteiger partial charge in [-0.05, 0) is 48.4 Å². The number of pyridine rings is 1. The Hall–Kier alpha value is -3.71. The van der Waals surface area contributed by atoms with Gasteiger partial charge in [-0.1, -0.05) is 42.5 Å². The van der Waals surface area contributed by atoms with Gasteiger partial charge in [0.25, 0.3) is 15.9 Å². The molecule has 0 radical (unpaired) electrons. The standard InChI is InChI=1S/C24H19N3O3S/c28-24(26-20-14-18-7-1-3-10-22(18)25-16-20)19-8-5-9-21(15-19)31(29,30)27-13-12-17-6-2-4-11-23(17)27/h1-11,14-16H,12-13H2,(H,26,28). The minimum atomic E-state index is -3.77. The molecule has 1 N–H and O–H groups in total. The molecule has 31 heavy (non-hydrogen) atoms. The Balaban J connectivity index is 1.42. The minimum Gasteiger partial charge on any atom is -0.321 e. The van der Waals surface area contributed by atoms with Gasteiger partial charge in [0, 0.05) is 17.5 Å². The van der Waals surface area contributed by atoms with Crippen molar-refractivity contribution in [3.05, 3.63) is 96.2 Å². The number of carbonyl (C=O) groups is 1. The van der Waals surface area contributed by atoms with Crippen LogP contribution < -0.4 is 9.62 Å². The molecule has 0 unspecified atom stereocenters. The predicted octanol–water partition coefficient (Wildman–Crippen LogP) is 4.24. The molecule has 6 nitrogen and oxygen atoms in total. The molecule has 1 aliphatic heterocycles. The minimum absolute atomic E-state index is 0.0912. The first kappa shape index (κ1) is 19.3. The summed E-state index contributed by atoms with van der Waals surface area (Å²) >= 11 is 0. The molecule has 0 bridgehead atoms. The van der Waals surface area contributed by atoms with E-state index in [1.165, 1.54) is 16.4 Å². The zero-order valence-electron chi connectivity index (χ0n) is 16.5. The zero-order valence-corrected chi connectivity index (χ0v) is 17.3. The fraction of sp³-hybridized carbons (Fsp3) is 0.0833. The van der Waals surface area contributed by atoms with E-state index in [-0.39, 0.29) is 10.5 Å². The lowest BCUT2D eigenvalue weighted by Gasteiger charge is -2.20. The number of anilines is 2. The molecule has 2 heterocycles. The van der Waals surface area contributed by atoms with E-state index in [0.29, 0.717) is 24.3 Å². The van der Waals surface area contributed by atoms with Crippen molar-refractivity contribution in [1.82, 2.24) is 4.98 Å². The van der Waals surface area contributed by atoms with Gasteiger partial charge in [-0.25, -0.2) is 8.42 Å². The highest BCUT2D eigenvalue weighted by atomic mass is 32.2. The molecule has 4 aromatic rings.